The predicted octanol–water partition coefficient (Wildman–Crippen LogP) is 3.96. The molecule has 2 nitrogen and oxygen atoms in total. The third-order valence-electron chi connectivity index (χ3n) is 3.38. The maximum absolute atomic E-state index is 5.43. The van der Waals surface area contributed by atoms with Gasteiger partial charge in [0.15, 0.2) is 0 Å². The Kier molecular flexibility index (Phi) is 7.27. The number of nitrogens with one attached hydrogen (secondary N) is 1. The molecule has 0 spiro atoms. The van der Waals surface area contributed by atoms with Crippen molar-refractivity contribution >= 4 is 0 Å². The standard InChI is InChI=1S/C17H27NO/c1-5-11-18-16(12-14(3)6-2)13-15-9-7-8-10-17(15)19-4/h7-10,16,18H,3,5-6,11-13H2,1-2,4H3. The molecule has 0 aliphatic heterocycles. The van der Waals surface area contributed by atoms with E-state index in [1.807, 2.05) is 12.1 Å². The molecular formula is C17H27NO. The molecule has 1 unspecified atom stereocenters. The van der Waals surface area contributed by atoms with Crippen LogP contribution in [0.25, 0.3) is 0 Å². The number of para-hydroxylation sites is 1. The largest absolute Gasteiger partial charge is 0.496 e. The Hall–Kier alpha value is -1.28. The van der Waals surface area contributed by atoms with Crippen molar-refractivity contribution in [3.8, 4) is 5.75 Å². The Morgan fingerprint density at radius 2 is 2.05 bits per heavy atom. The van der Waals surface area contributed by atoms with E-state index in [1.54, 1.807) is 7.11 Å². The van der Waals surface area contributed by atoms with Gasteiger partial charge in [0.2, 0.25) is 0 Å². The summed E-state index contributed by atoms with van der Waals surface area (Å²) in [6.45, 7) is 9.55. The Balaban J connectivity index is 2.72. The van der Waals surface area contributed by atoms with Crippen LogP contribution in [0.1, 0.15) is 38.7 Å². The summed E-state index contributed by atoms with van der Waals surface area (Å²) in [6, 6.07) is 8.71. The topological polar surface area (TPSA) is 21.3 Å². The number of hydrogen-bond donors (Lipinski definition) is 1. The molecule has 0 saturated carbocycles. The van der Waals surface area contributed by atoms with E-state index in [4.69, 9.17) is 4.74 Å². The van der Waals surface area contributed by atoms with Crippen LogP contribution in [0.5, 0.6) is 5.75 Å². The molecule has 0 amide bonds. The molecule has 106 valence electrons. The van der Waals surface area contributed by atoms with Crippen molar-refractivity contribution in [1.29, 1.82) is 0 Å². The van der Waals surface area contributed by atoms with E-state index in [9.17, 15) is 0 Å². The van der Waals surface area contributed by atoms with Crippen molar-refractivity contribution in [2.24, 2.45) is 0 Å². The van der Waals surface area contributed by atoms with Crippen LogP contribution in [0.2, 0.25) is 0 Å². The predicted molar refractivity (Wildman–Crippen MR) is 82.8 cm³/mol. The minimum absolute atomic E-state index is 0.448. The highest BCUT2D eigenvalue weighted by Crippen LogP contribution is 2.21. The van der Waals surface area contributed by atoms with Gasteiger partial charge < -0.3 is 10.1 Å². The summed E-state index contributed by atoms with van der Waals surface area (Å²) in [5.74, 6) is 0.980. The molecule has 1 aromatic carbocycles. The van der Waals surface area contributed by atoms with Crippen molar-refractivity contribution in [3.05, 3.63) is 42.0 Å². The molecule has 1 N–H and O–H groups in total. The van der Waals surface area contributed by atoms with Gasteiger partial charge in [-0.05, 0) is 43.9 Å². The summed E-state index contributed by atoms with van der Waals surface area (Å²) in [5, 5.41) is 3.62. The minimum atomic E-state index is 0.448. The van der Waals surface area contributed by atoms with Crippen molar-refractivity contribution in [3.63, 3.8) is 0 Å². The first kappa shape index (κ1) is 15.8. The second-order valence-electron chi connectivity index (χ2n) is 4.97. The minimum Gasteiger partial charge on any atom is -0.496 e. The highest BCUT2D eigenvalue weighted by Gasteiger charge is 2.12. The summed E-state index contributed by atoms with van der Waals surface area (Å²) in [6.07, 6.45) is 4.23. The van der Waals surface area contributed by atoms with Gasteiger partial charge >= 0.3 is 0 Å². The van der Waals surface area contributed by atoms with E-state index in [0.29, 0.717) is 6.04 Å². The highest BCUT2D eigenvalue weighted by molar-refractivity contribution is 5.34. The summed E-state index contributed by atoms with van der Waals surface area (Å²) in [5.41, 5.74) is 2.58. The first-order valence-electron chi connectivity index (χ1n) is 7.23. The molecule has 1 rings (SSSR count). The lowest BCUT2D eigenvalue weighted by Crippen LogP contribution is -2.32. The molecule has 1 atom stereocenters. The number of rotatable bonds is 9. The molecule has 0 bridgehead atoms. The average molecular weight is 261 g/mol. The zero-order valence-corrected chi connectivity index (χ0v) is 12.5. The third-order valence-corrected chi connectivity index (χ3v) is 3.38. The molecule has 0 saturated heterocycles. The van der Waals surface area contributed by atoms with Gasteiger partial charge in [-0.25, -0.2) is 0 Å². The maximum Gasteiger partial charge on any atom is 0.122 e. The van der Waals surface area contributed by atoms with E-state index in [-0.39, 0.29) is 0 Å². The van der Waals surface area contributed by atoms with Gasteiger partial charge in [-0.3, -0.25) is 0 Å². The van der Waals surface area contributed by atoms with Gasteiger partial charge in [-0.1, -0.05) is 44.2 Å². The molecule has 1 aromatic rings. The Morgan fingerprint density at radius 1 is 1.32 bits per heavy atom. The molecular weight excluding hydrogens is 234 g/mol. The fraction of sp³-hybridized carbons (Fsp3) is 0.529. The number of methoxy groups -OCH3 is 1. The number of ether oxygens (including phenoxy) is 1. The summed E-state index contributed by atoms with van der Waals surface area (Å²) < 4.78 is 5.43. The third kappa shape index (κ3) is 5.48. The van der Waals surface area contributed by atoms with Gasteiger partial charge in [0.1, 0.15) is 5.75 Å². The van der Waals surface area contributed by atoms with Gasteiger partial charge in [0.25, 0.3) is 0 Å². The van der Waals surface area contributed by atoms with E-state index in [1.165, 1.54) is 11.1 Å². The summed E-state index contributed by atoms with van der Waals surface area (Å²) in [7, 11) is 1.73. The van der Waals surface area contributed by atoms with Crippen LogP contribution in [0, 0.1) is 0 Å². The fourth-order valence-electron chi connectivity index (χ4n) is 2.19. The zero-order chi connectivity index (χ0) is 14.1. The summed E-state index contributed by atoms with van der Waals surface area (Å²) >= 11 is 0. The first-order valence-corrected chi connectivity index (χ1v) is 7.23. The second-order valence-corrected chi connectivity index (χ2v) is 4.97. The second kappa shape index (κ2) is 8.76. The smallest absolute Gasteiger partial charge is 0.122 e. The van der Waals surface area contributed by atoms with Crippen LogP contribution in [0.15, 0.2) is 36.4 Å². The molecule has 0 aromatic heterocycles. The van der Waals surface area contributed by atoms with Crippen LogP contribution < -0.4 is 10.1 Å². The van der Waals surface area contributed by atoms with E-state index in [0.717, 1.165) is 38.0 Å². The lowest BCUT2D eigenvalue weighted by atomic mass is 9.98. The van der Waals surface area contributed by atoms with Crippen LogP contribution in [0.4, 0.5) is 0 Å². The van der Waals surface area contributed by atoms with Crippen molar-refractivity contribution < 1.29 is 4.74 Å². The SMILES string of the molecule is C=C(CC)CC(Cc1ccccc1OC)NCCC. The molecule has 0 fully saturated rings. The highest BCUT2D eigenvalue weighted by atomic mass is 16.5. The van der Waals surface area contributed by atoms with E-state index < -0.39 is 0 Å². The van der Waals surface area contributed by atoms with Crippen molar-refractivity contribution in [2.45, 2.75) is 45.6 Å². The molecule has 19 heavy (non-hydrogen) atoms. The van der Waals surface area contributed by atoms with Crippen molar-refractivity contribution in [2.75, 3.05) is 13.7 Å². The average Bonchev–Trinajstić information content (AvgIpc) is 2.45. The van der Waals surface area contributed by atoms with Crippen molar-refractivity contribution in [1.82, 2.24) is 5.32 Å². The van der Waals surface area contributed by atoms with E-state index in [2.05, 4.69) is 37.9 Å². The molecule has 0 heterocycles. The quantitative estimate of drug-likeness (QED) is 0.679. The monoisotopic (exact) mass is 261 g/mol. The lowest BCUT2D eigenvalue weighted by molar-refractivity contribution is 0.404. The molecule has 0 aliphatic carbocycles. The van der Waals surface area contributed by atoms with Crippen LogP contribution in [-0.4, -0.2) is 19.7 Å². The van der Waals surface area contributed by atoms with Crippen LogP contribution in [-0.2, 0) is 6.42 Å². The number of benzene rings is 1. The molecule has 0 aliphatic rings. The van der Waals surface area contributed by atoms with Crippen LogP contribution >= 0.6 is 0 Å². The number of hydrogen-bond acceptors (Lipinski definition) is 2. The summed E-state index contributed by atoms with van der Waals surface area (Å²) in [4.78, 5) is 0. The van der Waals surface area contributed by atoms with Gasteiger partial charge in [-0.15, -0.1) is 0 Å². The Labute approximate surface area is 117 Å². The van der Waals surface area contributed by atoms with E-state index >= 15 is 0 Å². The molecule has 0 radical (unpaired) electrons. The van der Waals surface area contributed by atoms with Gasteiger partial charge in [-0.2, -0.15) is 0 Å². The Bertz CT molecular complexity index is 387. The molecule has 2 heteroatoms. The lowest BCUT2D eigenvalue weighted by Gasteiger charge is -2.20. The van der Waals surface area contributed by atoms with Gasteiger partial charge in [0.05, 0.1) is 7.11 Å². The Morgan fingerprint density at radius 3 is 2.68 bits per heavy atom. The maximum atomic E-state index is 5.43. The zero-order valence-electron chi connectivity index (χ0n) is 12.5. The normalized spacial score (nSPS) is 12.2. The van der Waals surface area contributed by atoms with Crippen LogP contribution in [0.3, 0.4) is 0 Å². The first-order chi connectivity index (χ1) is 9.21. The fourth-order valence-corrected chi connectivity index (χ4v) is 2.19. The van der Waals surface area contributed by atoms with Gasteiger partial charge in [0, 0.05) is 6.04 Å².